The number of carbonyl (C=O) groups excluding carboxylic acids is 1. The van der Waals surface area contributed by atoms with Gasteiger partial charge in [-0.15, -0.1) is 0 Å². The fourth-order valence-electron chi connectivity index (χ4n) is 1.82. The van der Waals surface area contributed by atoms with Crippen molar-refractivity contribution >= 4 is 27.5 Å². The molecule has 0 saturated carbocycles. The Morgan fingerprint density at radius 3 is 2.55 bits per heavy atom. The summed E-state index contributed by atoms with van der Waals surface area (Å²) >= 11 is 3.15. The number of hydrogen-bond donors (Lipinski definition) is 2. The maximum absolute atomic E-state index is 13.5. The molecule has 0 atom stereocenters. The van der Waals surface area contributed by atoms with Crippen LogP contribution in [0.15, 0.2) is 40.9 Å². The molecule has 0 unspecified atom stereocenters. The van der Waals surface area contributed by atoms with Gasteiger partial charge in [0.1, 0.15) is 5.82 Å². The second-order valence-corrected chi connectivity index (χ2v) is 5.35. The highest BCUT2D eigenvalue weighted by molar-refractivity contribution is 9.10. The van der Waals surface area contributed by atoms with Crippen LogP contribution in [0.4, 0.5) is 10.1 Å². The van der Waals surface area contributed by atoms with Gasteiger partial charge in [-0.05, 0) is 58.2 Å². The van der Waals surface area contributed by atoms with Crippen LogP contribution >= 0.6 is 15.9 Å². The van der Waals surface area contributed by atoms with E-state index in [9.17, 15) is 9.18 Å². The zero-order valence-electron chi connectivity index (χ0n) is 10.9. The van der Waals surface area contributed by atoms with Crippen molar-refractivity contribution in [3.8, 4) is 0 Å². The average molecular weight is 337 g/mol. The maximum Gasteiger partial charge on any atom is 0.248 e. The second kappa shape index (κ2) is 6.05. The van der Waals surface area contributed by atoms with Gasteiger partial charge in [0.25, 0.3) is 0 Å². The van der Waals surface area contributed by atoms with Gasteiger partial charge >= 0.3 is 0 Å². The molecule has 2 rings (SSSR count). The summed E-state index contributed by atoms with van der Waals surface area (Å²) in [6.07, 6.45) is 0. The number of hydrogen-bond acceptors (Lipinski definition) is 2. The zero-order chi connectivity index (χ0) is 14.7. The van der Waals surface area contributed by atoms with Crippen molar-refractivity contribution in [3.63, 3.8) is 0 Å². The quantitative estimate of drug-likeness (QED) is 0.896. The lowest BCUT2D eigenvalue weighted by Crippen LogP contribution is -2.10. The van der Waals surface area contributed by atoms with E-state index in [-0.39, 0.29) is 5.82 Å². The molecule has 0 aliphatic heterocycles. The number of aryl methyl sites for hydroxylation is 1. The molecule has 0 aliphatic carbocycles. The first-order chi connectivity index (χ1) is 9.47. The smallest absolute Gasteiger partial charge is 0.248 e. The highest BCUT2D eigenvalue weighted by Crippen LogP contribution is 2.24. The van der Waals surface area contributed by atoms with Crippen molar-refractivity contribution in [1.29, 1.82) is 0 Å². The molecule has 0 fully saturated rings. The van der Waals surface area contributed by atoms with Gasteiger partial charge in [0.2, 0.25) is 5.91 Å². The Balaban J connectivity index is 2.09. The van der Waals surface area contributed by atoms with Crippen LogP contribution in [0.2, 0.25) is 0 Å². The van der Waals surface area contributed by atoms with Gasteiger partial charge in [-0.25, -0.2) is 4.39 Å². The summed E-state index contributed by atoms with van der Waals surface area (Å²) in [6, 6.07) is 10.2. The van der Waals surface area contributed by atoms with Gasteiger partial charge in [-0.2, -0.15) is 0 Å². The summed E-state index contributed by atoms with van der Waals surface area (Å²) in [5.41, 5.74) is 8.33. The van der Waals surface area contributed by atoms with E-state index in [2.05, 4.69) is 21.2 Å². The summed E-state index contributed by atoms with van der Waals surface area (Å²) in [7, 11) is 0. The number of carbonyl (C=O) groups is 1. The van der Waals surface area contributed by atoms with Crippen LogP contribution in [-0.2, 0) is 6.54 Å². The van der Waals surface area contributed by atoms with Crippen molar-refractivity contribution in [2.24, 2.45) is 5.73 Å². The number of anilines is 1. The molecular weight excluding hydrogens is 323 g/mol. The highest BCUT2D eigenvalue weighted by Gasteiger charge is 2.05. The molecule has 20 heavy (non-hydrogen) atoms. The van der Waals surface area contributed by atoms with Crippen molar-refractivity contribution in [1.82, 2.24) is 0 Å². The Labute approximate surface area is 125 Å². The molecule has 0 bridgehead atoms. The largest absolute Gasteiger partial charge is 0.381 e. The molecule has 0 aromatic heterocycles. The van der Waals surface area contributed by atoms with E-state index < -0.39 is 5.91 Å². The number of primary amides is 1. The molecule has 3 nitrogen and oxygen atoms in total. The topological polar surface area (TPSA) is 55.1 Å². The van der Waals surface area contributed by atoms with Crippen molar-refractivity contribution in [2.75, 3.05) is 5.32 Å². The van der Waals surface area contributed by atoms with Gasteiger partial charge in [0.05, 0.1) is 4.47 Å². The average Bonchev–Trinajstić information content (AvgIpc) is 2.42. The van der Waals surface area contributed by atoms with E-state index in [0.29, 0.717) is 16.6 Å². The van der Waals surface area contributed by atoms with E-state index in [1.807, 2.05) is 19.1 Å². The summed E-state index contributed by atoms with van der Waals surface area (Å²) < 4.78 is 13.9. The molecule has 1 amide bonds. The Morgan fingerprint density at radius 2 is 1.95 bits per heavy atom. The Kier molecular flexibility index (Phi) is 4.39. The first-order valence-corrected chi connectivity index (χ1v) is 6.85. The van der Waals surface area contributed by atoms with Crippen molar-refractivity contribution in [3.05, 3.63) is 63.4 Å². The number of nitrogens with one attached hydrogen (secondary N) is 1. The molecule has 5 heteroatoms. The van der Waals surface area contributed by atoms with E-state index >= 15 is 0 Å². The summed E-state index contributed by atoms with van der Waals surface area (Å²) in [6.45, 7) is 2.45. The third-order valence-electron chi connectivity index (χ3n) is 2.99. The van der Waals surface area contributed by atoms with Crippen LogP contribution in [0.1, 0.15) is 21.5 Å². The van der Waals surface area contributed by atoms with Crippen LogP contribution in [0.5, 0.6) is 0 Å². The first-order valence-electron chi connectivity index (χ1n) is 6.05. The molecule has 104 valence electrons. The van der Waals surface area contributed by atoms with E-state index in [0.717, 1.165) is 16.8 Å². The van der Waals surface area contributed by atoms with Crippen LogP contribution in [0.3, 0.4) is 0 Å². The number of nitrogens with two attached hydrogens (primary N) is 1. The standard InChI is InChI=1S/C15H14BrFN2O/c1-9-6-12(16)13(17)7-14(9)19-8-10-2-4-11(5-3-10)15(18)20/h2-7,19H,8H2,1H3,(H2,18,20). The third kappa shape index (κ3) is 3.36. The Bertz CT molecular complexity index is 641. The fraction of sp³-hybridized carbons (Fsp3) is 0.133. The van der Waals surface area contributed by atoms with Crippen molar-refractivity contribution < 1.29 is 9.18 Å². The highest BCUT2D eigenvalue weighted by atomic mass is 79.9. The predicted octanol–water partition coefficient (Wildman–Crippen LogP) is 3.61. The van der Waals surface area contributed by atoms with Gasteiger partial charge in [0, 0.05) is 17.8 Å². The molecule has 0 radical (unpaired) electrons. The van der Waals surface area contributed by atoms with E-state index in [4.69, 9.17) is 5.73 Å². The van der Waals surface area contributed by atoms with Gasteiger partial charge < -0.3 is 11.1 Å². The number of amides is 1. The number of halogens is 2. The molecule has 0 saturated heterocycles. The van der Waals surface area contributed by atoms with Crippen LogP contribution in [0, 0.1) is 12.7 Å². The third-order valence-corrected chi connectivity index (χ3v) is 3.60. The molecule has 0 spiro atoms. The zero-order valence-corrected chi connectivity index (χ0v) is 12.5. The lowest BCUT2D eigenvalue weighted by Gasteiger charge is -2.11. The molecule has 0 aliphatic rings. The monoisotopic (exact) mass is 336 g/mol. The van der Waals surface area contributed by atoms with E-state index in [1.165, 1.54) is 6.07 Å². The van der Waals surface area contributed by atoms with Crippen LogP contribution in [-0.4, -0.2) is 5.91 Å². The molecule has 0 heterocycles. The minimum absolute atomic E-state index is 0.304. The SMILES string of the molecule is Cc1cc(Br)c(F)cc1NCc1ccc(C(N)=O)cc1. The van der Waals surface area contributed by atoms with Gasteiger partial charge in [0.15, 0.2) is 0 Å². The second-order valence-electron chi connectivity index (χ2n) is 4.50. The van der Waals surface area contributed by atoms with E-state index in [1.54, 1.807) is 18.2 Å². The summed E-state index contributed by atoms with van der Waals surface area (Å²) in [5, 5.41) is 3.17. The minimum Gasteiger partial charge on any atom is -0.381 e. The summed E-state index contributed by atoms with van der Waals surface area (Å²) in [4.78, 5) is 11.0. The normalized spacial score (nSPS) is 10.3. The number of rotatable bonds is 4. The first kappa shape index (κ1) is 14.5. The molecule has 3 N–H and O–H groups in total. The molecular formula is C15H14BrFN2O. The van der Waals surface area contributed by atoms with Crippen LogP contribution in [0.25, 0.3) is 0 Å². The number of benzene rings is 2. The minimum atomic E-state index is -0.449. The Hall–Kier alpha value is -1.88. The van der Waals surface area contributed by atoms with Crippen molar-refractivity contribution in [2.45, 2.75) is 13.5 Å². The molecule has 2 aromatic rings. The Morgan fingerprint density at radius 1 is 1.30 bits per heavy atom. The van der Waals surface area contributed by atoms with Gasteiger partial charge in [-0.3, -0.25) is 4.79 Å². The maximum atomic E-state index is 13.5. The van der Waals surface area contributed by atoms with Crippen LogP contribution < -0.4 is 11.1 Å². The summed E-state index contributed by atoms with van der Waals surface area (Å²) in [5.74, 6) is -0.752. The van der Waals surface area contributed by atoms with Gasteiger partial charge in [-0.1, -0.05) is 12.1 Å². The molecule has 2 aromatic carbocycles. The predicted molar refractivity (Wildman–Crippen MR) is 81.1 cm³/mol. The fourth-order valence-corrected chi connectivity index (χ4v) is 2.28. The lowest BCUT2D eigenvalue weighted by atomic mass is 10.1. The lowest BCUT2D eigenvalue weighted by molar-refractivity contribution is 0.100.